The van der Waals surface area contributed by atoms with Crippen LogP contribution in [0.25, 0.3) is 16.6 Å². The van der Waals surface area contributed by atoms with Crippen molar-refractivity contribution in [1.29, 1.82) is 0 Å². The number of anilines is 3. The molecule has 5 rings (SSSR count). The highest BCUT2D eigenvalue weighted by Gasteiger charge is 2.31. The lowest BCUT2D eigenvalue weighted by Crippen LogP contribution is -2.41. The zero-order valence-corrected chi connectivity index (χ0v) is 26.9. The second kappa shape index (κ2) is 11.9. The summed E-state index contributed by atoms with van der Waals surface area (Å²) in [4.78, 5) is 43.3. The molecule has 0 amide bonds. The van der Waals surface area contributed by atoms with Gasteiger partial charge in [-0.05, 0) is 92.8 Å². The first-order valence-corrected chi connectivity index (χ1v) is 16.0. The third-order valence-electron chi connectivity index (χ3n) is 7.15. The van der Waals surface area contributed by atoms with Crippen molar-refractivity contribution in [1.82, 2.24) is 23.3 Å². The van der Waals surface area contributed by atoms with Gasteiger partial charge in [0, 0.05) is 35.3 Å². The molecule has 0 saturated heterocycles. The van der Waals surface area contributed by atoms with Gasteiger partial charge in [0.2, 0.25) is 0 Å². The van der Waals surface area contributed by atoms with E-state index in [1.165, 1.54) is 47.4 Å². The maximum absolute atomic E-state index is 14.9. The lowest BCUT2D eigenvalue weighted by Gasteiger charge is -2.21. The van der Waals surface area contributed by atoms with Crippen molar-refractivity contribution in [2.45, 2.75) is 25.8 Å². The van der Waals surface area contributed by atoms with Crippen molar-refractivity contribution < 1.29 is 12.8 Å². The standard InChI is InChI=1S/C28H31FIN7O5S/c1-16-24-23(25(35(4)26(16)38)32-22-11-8-17(30)14-21(22)29)27(39)37(19-9-10-19)28(40)36(24)20-7-5-6-18(15-20)33-43(41,42)31-12-13-34(2)3/h5-8,11,14-15,19,31-33H,9-10,12-13H2,1-4H3. The molecule has 0 radical (unpaired) electrons. The molecule has 2 heterocycles. The Balaban J connectivity index is 1.74. The van der Waals surface area contributed by atoms with Crippen LogP contribution in [0.2, 0.25) is 0 Å². The first-order valence-electron chi connectivity index (χ1n) is 13.4. The zero-order chi connectivity index (χ0) is 31.2. The van der Waals surface area contributed by atoms with Gasteiger partial charge in [-0.15, -0.1) is 0 Å². The predicted octanol–water partition coefficient (Wildman–Crippen LogP) is 2.79. The molecular formula is C28H31FIN7O5S. The summed E-state index contributed by atoms with van der Waals surface area (Å²) in [5.74, 6) is -0.552. The summed E-state index contributed by atoms with van der Waals surface area (Å²) < 4.78 is 49.5. The second-order valence-electron chi connectivity index (χ2n) is 10.7. The fraction of sp³-hybridized carbons (Fsp3) is 0.321. The summed E-state index contributed by atoms with van der Waals surface area (Å²) in [6.07, 6.45) is 1.25. The quantitative estimate of drug-likeness (QED) is 0.214. The number of hydrogen-bond donors (Lipinski definition) is 3. The summed E-state index contributed by atoms with van der Waals surface area (Å²) >= 11 is 1.98. The number of nitrogens with zero attached hydrogens (tertiary/aromatic N) is 4. The van der Waals surface area contributed by atoms with Gasteiger partial charge in [-0.1, -0.05) is 6.07 Å². The van der Waals surface area contributed by atoms with E-state index in [2.05, 4.69) is 14.8 Å². The van der Waals surface area contributed by atoms with Crippen molar-refractivity contribution in [2.24, 2.45) is 7.05 Å². The van der Waals surface area contributed by atoms with E-state index in [1.807, 2.05) is 41.6 Å². The van der Waals surface area contributed by atoms with Crippen LogP contribution >= 0.6 is 22.6 Å². The van der Waals surface area contributed by atoms with Crippen molar-refractivity contribution in [2.75, 3.05) is 37.2 Å². The first-order chi connectivity index (χ1) is 20.3. The van der Waals surface area contributed by atoms with Crippen molar-refractivity contribution in [3.63, 3.8) is 0 Å². The minimum atomic E-state index is -3.94. The molecule has 4 aromatic rings. The number of aromatic nitrogens is 3. The molecule has 0 unspecified atom stereocenters. The maximum Gasteiger partial charge on any atom is 0.336 e. The minimum absolute atomic E-state index is 0.0281. The predicted molar refractivity (Wildman–Crippen MR) is 174 cm³/mol. The van der Waals surface area contributed by atoms with E-state index in [1.54, 1.807) is 18.2 Å². The number of nitrogens with one attached hydrogen (secondary N) is 3. The largest absolute Gasteiger partial charge is 0.338 e. The van der Waals surface area contributed by atoms with Gasteiger partial charge in [-0.2, -0.15) is 13.1 Å². The SMILES string of the molecule is Cc1c(=O)n(C)c(Nc2ccc(I)cc2F)c2c(=O)n(C3CC3)c(=O)n(-c3cccc(NS(=O)(=O)NCCN(C)C)c3)c12. The van der Waals surface area contributed by atoms with E-state index < -0.39 is 32.8 Å². The fourth-order valence-electron chi connectivity index (χ4n) is 4.88. The minimum Gasteiger partial charge on any atom is -0.338 e. The average molecular weight is 724 g/mol. The number of hydrogen-bond acceptors (Lipinski definition) is 7. The Kier molecular flexibility index (Phi) is 8.52. The average Bonchev–Trinajstić information content (AvgIpc) is 3.76. The number of halogens is 2. The van der Waals surface area contributed by atoms with Gasteiger partial charge in [-0.3, -0.25) is 28.0 Å². The number of likely N-dealkylation sites (N-methyl/N-ethyl adjacent to an activating group) is 1. The van der Waals surface area contributed by atoms with E-state index >= 15 is 0 Å². The number of rotatable bonds is 10. The normalized spacial score (nSPS) is 13.6. The molecule has 12 nitrogen and oxygen atoms in total. The van der Waals surface area contributed by atoms with Gasteiger partial charge in [-0.25, -0.2) is 9.18 Å². The summed E-state index contributed by atoms with van der Waals surface area (Å²) in [6.45, 7) is 2.18. The van der Waals surface area contributed by atoms with Gasteiger partial charge in [0.25, 0.3) is 21.3 Å². The molecule has 3 N–H and O–H groups in total. The Bertz CT molecular complexity index is 2030. The highest BCUT2D eigenvalue weighted by atomic mass is 127. The van der Waals surface area contributed by atoms with Crippen LogP contribution in [-0.4, -0.2) is 54.2 Å². The van der Waals surface area contributed by atoms with Crippen LogP contribution in [0.4, 0.5) is 21.6 Å². The molecule has 2 aromatic carbocycles. The van der Waals surface area contributed by atoms with E-state index in [9.17, 15) is 27.2 Å². The van der Waals surface area contributed by atoms with Gasteiger partial charge in [0.1, 0.15) is 17.0 Å². The number of fused-ring (bicyclic) bond motifs is 1. The lowest BCUT2D eigenvalue weighted by atomic mass is 10.1. The molecule has 228 valence electrons. The molecule has 0 aliphatic heterocycles. The zero-order valence-electron chi connectivity index (χ0n) is 23.9. The number of aryl methyl sites for hydroxylation is 1. The van der Waals surface area contributed by atoms with Crippen LogP contribution < -0.4 is 31.6 Å². The lowest BCUT2D eigenvalue weighted by molar-refractivity contribution is 0.412. The molecule has 2 aromatic heterocycles. The monoisotopic (exact) mass is 723 g/mol. The molecule has 1 fully saturated rings. The van der Waals surface area contributed by atoms with E-state index in [0.29, 0.717) is 23.0 Å². The Labute approximate surface area is 260 Å². The highest BCUT2D eigenvalue weighted by Crippen LogP contribution is 2.34. The van der Waals surface area contributed by atoms with Crippen LogP contribution in [0.3, 0.4) is 0 Å². The van der Waals surface area contributed by atoms with Crippen molar-refractivity contribution >= 4 is 60.9 Å². The Hall–Kier alpha value is -3.54. The van der Waals surface area contributed by atoms with E-state index in [0.717, 1.165) is 4.57 Å². The second-order valence-corrected chi connectivity index (χ2v) is 13.4. The third kappa shape index (κ3) is 6.25. The summed E-state index contributed by atoms with van der Waals surface area (Å²) in [5, 5.41) is 2.95. The van der Waals surface area contributed by atoms with Crippen LogP contribution in [0.15, 0.2) is 56.8 Å². The Morgan fingerprint density at radius 3 is 2.44 bits per heavy atom. The van der Waals surface area contributed by atoms with Crippen LogP contribution in [0.1, 0.15) is 24.4 Å². The molecule has 1 aliphatic carbocycles. The van der Waals surface area contributed by atoms with Gasteiger partial charge in [0.05, 0.1) is 22.6 Å². The molecule has 0 bridgehead atoms. The van der Waals surface area contributed by atoms with Crippen LogP contribution in [0.5, 0.6) is 0 Å². The summed E-state index contributed by atoms with van der Waals surface area (Å²) in [7, 11) is 1.17. The topological polar surface area (TPSA) is 139 Å². The number of pyridine rings is 1. The molecule has 15 heteroatoms. The Morgan fingerprint density at radius 1 is 1.07 bits per heavy atom. The third-order valence-corrected chi connectivity index (χ3v) is 8.91. The molecule has 0 spiro atoms. The molecule has 1 saturated carbocycles. The summed E-state index contributed by atoms with van der Waals surface area (Å²) in [6, 6.07) is 10.3. The molecule has 0 atom stereocenters. The van der Waals surface area contributed by atoms with E-state index in [-0.39, 0.29) is 51.9 Å². The van der Waals surface area contributed by atoms with E-state index in [4.69, 9.17) is 0 Å². The number of benzene rings is 2. The van der Waals surface area contributed by atoms with Crippen LogP contribution in [-0.2, 0) is 17.3 Å². The smallest absolute Gasteiger partial charge is 0.336 e. The first kappa shape index (κ1) is 30.9. The van der Waals surface area contributed by atoms with Crippen molar-refractivity contribution in [3.05, 3.63) is 88.6 Å². The fourth-order valence-corrected chi connectivity index (χ4v) is 6.20. The molecular weight excluding hydrogens is 692 g/mol. The highest BCUT2D eigenvalue weighted by molar-refractivity contribution is 14.1. The molecule has 43 heavy (non-hydrogen) atoms. The van der Waals surface area contributed by atoms with Gasteiger partial charge < -0.3 is 10.2 Å². The maximum atomic E-state index is 14.9. The molecule has 1 aliphatic rings. The Morgan fingerprint density at radius 2 is 1.79 bits per heavy atom. The van der Waals surface area contributed by atoms with Crippen molar-refractivity contribution in [3.8, 4) is 5.69 Å². The van der Waals surface area contributed by atoms with Gasteiger partial charge >= 0.3 is 5.69 Å². The summed E-state index contributed by atoms with van der Waals surface area (Å²) in [5.41, 5.74) is -1.14. The van der Waals surface area contributed by atoms with Gasteiger partial charge in [0.15, 0.2) is 0 Å². The van der Waals surface area contributed by atoms with Crippen LogP contribution in [0, 0.1) is 16.3 Å².